The first-order chi connectivity index (χ1) is 4.92. The molecule has 54 valence electrons. The molecular weight excluding hydrogens is 162 g/mol. The molecule has 0 radical (unpaired) electrons. The maximum absolute atomic E-state index is 4.32. The van der Waals surface area contributed by atoms with Gasteiger partial charge in [0.2, 0.25) is 0 Å². The summed E-state index contributed by atoms with van der Waals surface area (Å²) in [5.74, 6) is 1.64. The smallest absolute Gasteiger partial charge is 0.0798 e. The Hall–Kier alpha value is -0.0200. The van der Waals surface area contributed by atoms with E-state index in [-0.39, 0.29) is 0 Å². The normalized spacial score (nSPS) is 17.7. The van der Waals surface area contributed by atoms with Gasteiger partial charge in [-0.1, -0.05) is 0 Å². The monoisotopic (exact) mass is 171 g/mol. The van der Waals surface area contributed by atoms with Crippen LogP contribution in [-0.2, 0) is 5.75 Å². The zero-order valence-corrected chi connectivity index (χ0v) is 7.29. The van der Waals surface area contributed by atoms with Crippen LogP contribution in [0, 0.1) is 0 Å². The largest absolute Gasteiger partial charge is 0.249 e. The summed E-state index contributed by atoms with van der Waals surface area (Å²) in [5, 5.41) is 0. The molecule has 3 heteroatoms. The van der Waals surface area contributed by atoms with Crippen molar-refractivity contribution >= 4 is 24.0 Å². The minimum absolute atomic E-state index is 0.786. The summed E-state index contributed by atoms with van der Waals surface area (Å²) in [4.78, 5) is 5.69. The molecule has 1 aliphatic carbocycles. The van der Waals surface area contributed by atoms with E-state index in [1.165, 1.54) is 23.4 Å². The van der Waals surface area contributed by atoms with Crippen molar-refractivity contribution in [3.8, 4) is 0 Å². The molecule has 10 heavy (non-hydrogen) atoms. The van der Waals surface area contributed by atoms with Crippen LogP contribution >= 0.6 is 24.0 Å². The van der Waals surface area contributed by atoms with E-state index in [1.54, 1.807) is 11.3 Å². The fraction of sp³-hybridized carbons (Fsp3) is 0.571. The quantitative estimate of drug-likeness (QED) is 0.674. The van der Waals surface area contributed by atoms with Gasteiger partial charge in [-0.15, -0.1) is 11.3 Å². The Labute approximate surface area is 69.9 Å². The maximum atomic E-state index is 4.32. The van der Waals surface area contributed by atoms with E-state index in [4.69, 9.17) is 0 Å². The molecule has 0 atom stereocenters. The third kappa shape index (κ3) is 1.08. The second kappa shape index (κ2) is 2.55. The van der Waals surface area contributed by atoms with Gasteiger partial charge in [-0.25, -0.2) is 4.98 Å². The molecule has 2 rings (SSSR count). The first kappa shape index (κ1) is 6.68. The van der Waals surface area contributed by atoms with E-state index in [0.29, 0.717) is 0 Å². The lowest BCUT2D eigenvalue weighted by molar-refractivity contribution is 1.03. The van der Waals surface area contributed by atoms with Crippen LogP contribution in [0.15, 0.2) is 5.51 Å². The molecule has 0 N–H and O–H groups in total. The molecule has 0 unspecified atom stereocenters. The molecular formula is C7H9NS2. The highest BCUT2D eigenvalue weighted by molar-refractivity contribution is 7.79. The highest BCUT2D eigenvalue weighted by Gasteiger charge is 2.27. The van der Waals surface area contributed by atoms with Gasteiger partial charge in [-0.3, -0.25) is 0 Å². The lowest BCUT2D eigenvalue weighted by Crippen LogP contribution is -1.83. The first-order valence-corrected chi connectivity index (χ1v) is 4.96. The van der Waals surface area contributed by atoms with Crippen molar-refractivity contribution in [2.75, 3.05) is 0 Å². The van der Waals surface area contributed by atoms with E-state index < -0.39 is 0 Å². The van der Waals surface area contributed by atoms with Gasteiger partial charge < -0.3 is 0 Å². The molecule has 1 heterocycles. The van der Waals surface area contributed by atoms with Crippen molar-refractivity contribution in [2.24, 2.45) is 0 Å². The molecule has 1 aliphatic rings. The summed E-state index contributed by atoms with van der Waals surface area (Å²) >= 11 is 5.97. The number of aromatic nitrogens is 1. The zero-order chi connectivity index (χ0) is 6.97. The van der Waals surface area contributed by atoms with Gasteiger partial charge in [0.05, 0.1) is 11.2 Å². The minimum atomic E-state index is 0.786. The fourth-order valence-electron chi connectivity index (χ4n) is 1.09. The average Bonchev–Trinajstić information content (AvgIpc) is 2.69. The van der Waals surface area contributed by atoms with Crippen LogP contribution in [0.2, 0.25) is 0 Å². The molecule has 0 amide bonds. The number of rotatable bonds is 2. The van der Waals surface area contributed by atoms with Crippen molar-refractivity contribution in [1.29, 1.82) is 0 Å². The summed E-state index contributed by atoms with van der Waals surface area (Å²) in [6, 6.07) is 0. The van der Waals surface area contributed by atoms with Crippen molar-refractivity contribution < 1.29 is 0 Å². The number of nitrogens with zero attached hydrogens (tertiary/aromatic N) is 1. The molecule has 1 aromatic heterocycles. The summed E-state index contributed by atoms with van der Waals surface area (Å²) in [6.45, 7) is 0. The van der Waals surface area contributed by atoms with Gasteiger partial charge in [0.1, 0.15) is 0 Å². The van der Waals surface area contributed by atoms with E-state index in [9.17, 15) is 0 Å². The predicted molar refractivity (Wildman–Crippen MR) is 46.8 cm³/mol. The van der Waals surface area contributed by atoms with E-state index in [0.717, 1.165) is 11.7 Å². The Morgan fingerprint density at radius 2 is 2.50 bits per heavy atom. The Bertz CT molecular complexity index is 227. The standard InChI is InChI=1S/C7H9NS2/c9-3-6-7(5-1-2-5)8-4-10-6/h4-5,9H,1-3H2. The third-order valence-electron chi connectivity index (χ3n) is 1.78. The number of hydrogen-bond acceptors (Lipinski definition) is 3. The minimum Gasteiger partial charge on any atom is -0.249 e. The summed E-state index contributed by atoms with van der Waals surface area (Å²) in [5.41, 5.74) is 3.25. The Balaban J connectivity index is 2.28. The van der Waals surface area contributed by atoms with Gasteiger partial charge in [0.15, 0.2) is 0 Å². The van der Waals surface area contributed by atoms with Crippen LogP contribution in [0.5, 0.6) is 0 Å². The average molecular weight is 171 g/mol. The number of thiazole rings is 1. The van der Waals surface area contributed by atoms with E-state index in [1.807, 2.05) is 5.51 Å². The van der Waals surface area contributed by atoms with Crippen molar-refractivity contribution in [3.05, 3.63) is 16.1 Å². The molecule has 0 aliphatic heterocycles. The summed E-state index contributed by atoms with van der Waals surface area (Å²) < 4.78 is 0. The lowest BCUT2D eigenvalue weighted by Gasteiger charge is -1.92. The van der Waals surface area contributed by atoms with E-state index >= 15 is 0 Å². The lowest BCUT2D eigenvalue weighted by atomic mass is 10.3. The second-order valence-corrected chi connectivity index (χ2v) is 3.85. The second-order valence-electron chi connectivity index (χ2n) is 2.59. The van der Waals surface area contributed by atoms with Crippen molar-refractivity contribution in [1.82, 2.24) is 4.98 Å². The fourth-order valence-corrected chi connectivity index (χ4v) is 2.18. The third-order valence-corrected chi connectivity index (χ3v) is 3.16. The number of thiol groups is 1. The van der Waals surface area contributed by atoms with Crippen molar-refractivity contribution in [2.45, 2.75) is 24.5 Å². The van der Waals surface area contributed by atoms with Crippen LogP contribution in [0.3, 0.4) is 0 Å². The molecule has 1 aromatic rings. The Morgan fingerprint density at radius 1 is 1.70 bits per heavy atom. The van der Waals surface area contributed by atoms with Gasteiger partial charge in [-0.2, -0.15) is 12.6 Å². The van der Waals surface area contributed by atoms with Gasteiger partial charge >= 0.3 is 0 Å². The molecule has 0 bridgehead atoms. The van der Waals surface area contributed by atoms with Gasteiger partial charge in [-0.05, 0) is 12.8 Å². The predicted octanol–water partition coefficient (Wildman–Crippen LogP) is 2.45. The van der Waals surface area contributed by atoms with Crippen LogP contribution in [-0.4, -0.2) is 4.98 Å². The van der Waals surface area contributed by atoms with Crippen LogP contribution in [0.4, 0.5) is 0 Å². The SMILES string of the molecule is SCc1scnc1C1CC1. The van der Waals surface area contributed by atoms with Crippen LogP contribution < -0.4 is 0 Å². The summed E-state index contributed by atoms with van der Waals surface area (Å²) in [6.07, 6.45) is 2.68. The zero-order valence-electron chi connectivity index (χ0n) is 5.58. The highest BCUT2D eigenvalue weighted by Crippen LogP contribution is 2.41. The Kier molecular flexibility index (Phi) is 1.70. The molecule has 0 spiro atoms. The van der Waals surface area contributed by atoms with Crippen LogP contribution in [0.1, 0.15) is 29.3 Å². The summed E-state index contributed by atoms with van der Waals surface area (Å²) in [7, 11) is 0. The molecule has 0 saturated heterocycles. The topological polar surface area (TPSA) is 12.9 Å². The molecule has 1 fully saturated rings. The highest BCUT2D eigenvalue weighted by atomic mass is 32.1. The molecule has 1 nitrogen and oxygen atoms in total. The molecule has 1 saturated carbocycles. The molecule has 0 aromatic carbocycles. The van der Waals surface area contributed by atoms with Crippen molar-refractivity contribution in [3.63, 3.8) is 0 Å². The number of hydrogen-bond donors (Lipinski definition) is 1. The van der Waals surface area contributed by atoms with E-state index in [2.05, 4.69) is 17.6 Å². The van der Waals surface area contributed by atoms with Gasteiger partial charge in [0, 0.05) is 16.5 Å². The van der Waals surface area contributed by atoms with Crippen LogP contribution in [0.25, 0.3) is 0 Å². The van der Waals surface area contributed by atoms with Gasteiger partial charge in [0.25, 0.3) is 0 Å². The first-order valence-electron chi connectivity index (χ1n) is 3.45. The maximum Gasteiger partial charge on any atom is 0.0798 e. The Morgan fingerprint density at radius 3 is 3.10 bits per heavy atom.